The maximum Gasteiger partial charge on any atom is 0.317 e. The van der Waals surface area contributed by atoms with Gasteiger partial charge in [-0.05, 0) is 18.2 Å². The molecule has 0 aliphatic heterocycles. The third kappa shape index (κ3) is 1.59. The predicted octanol–water partition coefficient (Wildman–Crippen LogP) is 3.50. The van der Waals surface area contributed by atoms with Gasteiger partial charge in [-0.1, -0.05) is 18.2 Å². The maximum absolute atomic E-state index is 11.6. The lowest BCUT2D eigenvalue weighted by atomic mass is 10.1. The molecule has 1 heterocycles. The molecule has 0 unspecified atom stereocenters. The molecular weight excluding hydrogens is 246 g/mol. The first-order valence-corrected chi connectivity index (χ1v) is 5.62. The van der Waals surface area contributed by atoms with Crippen LogP contribution in [0.4, 0.5) is 0 Å². The molecule has 0 saturated carbocycles. The normalized spacial score (nSPS) is 10.8. The van der Waals surface area contributed by atoms with Crippen LogP contribution in [0.5, 0.6) is 5.75 Å². The number of carbonyl (C=O) groups excluding carboxylic acids is 1. The van der Waals surface area contributed by atoms with Crippen molar-refractivity contribution in [2.24, 2.45) is 5.18 Å². The summed E-state index contributed by atoms with van der Waals surface area (Å²) in [7, 11) is 1.52. The first kappa shape index (κ1) is 11.4. The number of para-hydroxylation sites is 1. The molecule has 0 radical (unpaired) electrons. The Labute approximate surface area is 107 Å². The van der Waals surface area contributed by atoms with Crippen LogP contribution in [-0.2, 0) is 0 Å². The number of fused-ring (bicyclic) bond motifs is 3. The molecule has 2 aromatic carbocycles. The summed E-state index contributed by atoms with van der Waals surface area (Å²) in [5.41, 5.74) is 1.29. The molecule has 5 heteroatoms. The first-order valence-electron chi connectivity index (χ1n) is 5.62. The number of ether oxygens (including phenoxy) is 1. The van der Waals surface area contributed by atoms with Gasteiger partial charge in [-0.15, -0.1) is 4.91 Å². The Morgan fingerprint density at radius 1 is 1.21 bits per heavy atom. The molecule has 0 saturated heterocycles. The van der Waals surface area contributed by atoms with Crippen molar-refractivity contribution in [3.8, 4) is 5.75 Å². The monoisotopic (exact) mass is 255 g/mol. The molecule has 19 heavy (non-hydrogen) atoms. The van der Waals surface area contributed by atoms with Gasteiger partial charge in [0.05, 0.1) is 12.7 Å². The fourth-order valence-corrected chi connectivity index (χ4v) is 2.19. The summed E-state index contributed by atoms with van der Waals surface area (Å²) in [4.78, 5) is 22.1. The number of benzene rings is 2. The summed E-state index contributed by atoms with van der Waals surface area (Å²) in [5.74, 6) is -0.312. The van der Waals surface area contributed by atoms with Gasteiger partial charge in [0.1, 0.15) is 5.58 Å². The molecule has 0 spiro atoms. The zero-order valence-corrected chi connectivity index (χ0v) is 10.0. The molecule has 0 fully saturated rings. The minimum atomic E-state index is -0.820. The van der Waals surface area contributed by atoms with Crippen LogP contribution in [0.2, 0.25) is 0 Å². The van der Waals surface area contributed by atoms with E-state index in [0.29, 0.717) is 22.3 Å². The Bertz CT molecular complexity index is 804. The highest BCUT2D eigenvalue weighted by molar-refractivity contribution is 6.17. The molecule has 0 bridgehead atoms. The van der Waals surface area contributed by atoms with Gasteiger partial charge in [-0.25, -0.2) is 0 Å². The zero-order chi connectivity index (χ0) is 13.4. The Hall–Kier alpha value is -2.69. The molecule has 0 atom stereocenters. The Morgan fingerprint density at radius 2 is 2.00 bits per heavy atom. The van der Waals surface area contributed by atoms with E-state index in [1.54, 1.807) is 12.1 Å². The molecule has 0 aliphatic rings. The van der Waals surface area contributed by atoms with Crippen LogP contribution in [0.15, 0.2) is 46.0 Å². The van der Waals surface area contributed by atoms with E-state index in [4.69, 9.17) is 9.15 Å². The minimum absolute atomic E-state index is 0.218. The molecule has 3 aromatic rings. The summed E-state index contributed by atoms with van der Waals surface area (Å²) >= 11 is 0. The van der Waals surface area contributed by atoms with Crippen molar-refractivity contribution in [3.63, 3.8) is 0 Å². The number of carbonyl (C=O) groups is 1. The molecule has 0 N–H and O–H groups in total. The van der Waals surface area contributed by atoms with Crippen LogP contribution in [-0.4, -0.2) is 13.0 Å². The summed E-state index contributed by atoms with van der Waals surface area (Å²) in [5, 5.41) is 3.79. The van der Waals surface area contributed by atoms with Crippen LogP contribution in [0.1, 0.15) is 10.4 Å². The number of hydrogen-bond donors (Lipinski definition) is 0. The highest BCUT2D eigenvalue weighted by Gasteiger charge is 2.19. The SMILES string of the molecule is COc1ccc(C(=O)N=O)c2c1oc1ccccc12. The van der Waals surface area contributed by atoms with E-state index in [-0.39, 0.29) is 5.56 Å². The fourth-order valence-electron chi connectivity index (χ4n) is 2.19. The quantitative estimate of drug-likeness (QED) is 0.657. The third-order valence-corrected chi connectivity index (χ3v) is 3.02. The lowest BCUT2D eigenvalue weighted by Crippen LogP contribution is -1.95. The molecule has 3 rings (SSSR count). The highest BCUT2D eigenvalue weighted by Crippen LogP contribution is 2.37. The number of rotatable bonds is 2. The van der Waals surface area contributed by atoms with Crippen molar-refractivity contribution < 1.29 is 13.9 Å². The first-order chi connectivity index (χ1) is 9.26. The Morgan fingerprint density at radius 3 is 2.74 bits per heavy atom. The van der Waals surface area contributed by atoms with E-state index in [0.717, 1.165) is 5.39 Å². The molecule has 94 valence electrons. The number of nitrogens with zero attached hydrogens (tertiary/aromatic N) is 1. The third-order valence-electron chi connectivity index (χ3n) is 3.02. The summed E-state index contributed by atoms with van der Waals surface area (Å²) in [6.07, 6.45) is 0. The van der Waals surface area contributed by atoms with E-state index in [1.807, 2.05) is 18.2 Å². The average molecular weight is 255 g/mol. The fraction of sp³-hybridized carbons (Fsp3) is 0.0714. The van der Waals surface area contributed by atoms with E-state index < -0.39 is 5.91 Å². The van der Waals surface area contributed by atoms with Crippen molar-refractivity contribution in [2.75, 3.05) is 7.11 Å². The van der Waals surface area contributed by atoms with Crippen molar-refractivity contribution in [1.82, 2.24) is 0 Å². The summed E-state index contributed by atoms with van der Waals surface area (Å²) in [6.45, 7) is 0. The number of amides is 1. The van der Waals surface area contributed by atoms with Crippen LogP contribution >= 0.6 is 0 Å². The second-order valence-corrected chi connectivity index (χ2v) is 4.01. The van der Waals surface area contributed by atoms with Gasteiger partial charge in [0.2, 0.25) is 0 Å². The average Bonchev–Trinajstić information content (AvgIpc) is 2.85. The largest absolute Gasteiger partial charge is 0.493 e. The highest BCUT2D eigenvalue weighted by atomic mass is 16.5. The number of nitroso groups, excluding NO2 is 1. The van der Waals surface area contributed by atoms with Crippen molar-refractivity contribution >= 4 is 27.8 Å². The Kier molecular flexibility index (Phi) is 2.52. The second-order valence-electron chi connectivity index (χ2n) is 4.01. The second kappa shape index (κ2) is 4.20. The number of hydrogen-bond acceptors (Lipinski definition) is 4. The van der Waals surface area contributed by atoms with Crippen LogP contribution in [0, 0.1) is 4.91 Å². The van der Waals surface area contributed by atoms with Crippen molar-refractivity contribution in [2.45, 2.75) is 0 Å². The van der Waals surface area contributed by atoms with E-state index >= 15 is 0 Å². The molecule has 1 amide bonds. The standard InChI is InChI=1S/C14H9NO4/c1-18-11-7-6-9(14(16)15-17)12-8-4-2-3-5-10(8)19-13(11)12/h2-7H,1H3. The Balaban J connectivity index is 2.52. The van der Waals surface area contributed by atoms with Gasteiger partial charge in [0, 0.05) is 15.9 Å². The smallest absolute Gasteiger partial charge is 0.317 e. The summed E-state index contributed by atoms with van der Waals surface area (Å²) in [6, 6.07) is 10.4. The zero-order valence-electron chi connectivity index (χ0n) is 10.0. The van der Waals surface area contributed by atoms with Gasteiger partial charge >= 0.3 is 5.91 Å². The predicted molar refractivity (Wildman–Crippen MR) is 70.4 cm³/mol. The van der Waals surface area contributed by atoms with E-state index in [9.17, 15) is 9.70 Å². The van der Waals surface area contributed by atoms with Gasteiger partial charge in [-0.3, -0.25) is 4.79 Å². The van der Waals surface area contributed by atoms with Gasteiger partial charge in [0.15, 0.2) is 11.3 Å². The van der Waals surface area contributed by atoms with Crippen molar-refractivity contribution in [1.29, 1.82) is 0 Å². The van der Waals surface area contributed by atoms with E-state index in [2.05, 4.69) is 5.18 Å². The van der Waals surface area contributed by atoms with Gasteiger partial charge in [-0.2, -0.15) is 0 Å². The van der Waals surface area contributed by atoms with Crippen LogP contribution in [0.3, 0.4) is 0 Å². The molecular formula is C14H9NO4. The maximum atomic E-state index is 11.6. The van der Waals surface area contributed by atoms with Crippen molar-refractivity contribution in [3.05, 3.63) is 46.9 Å². The molecule has 0 aliphatic carbocycles. The summed E-state index contributed by atoms with van der Waals surface area (Å²) < 4.78 is 10.9. The number of furan rings is 1. The van der Waals surface area contributed by atoms with Gasteiger partial charge in [0.25, 0.3) is 0 Å². The molecule has 5 nitrogen and oxygen atoms in total. The number of methoxy groups -OCH3 is 1. The van der Waals surface area contributed by atoms with E-state index in [1.165, 1.54) is 13.2 Å². The topological polar surface area (TPSA) is 68.9 Å². The lowest BCUT2D eigenvalue weighted by molar-refractivity contribution is 0.100. The van der Waals surface area contributed by atoms with Crippen LogP contribution < -0.4 is 4.74 Å². The minimum Gasteiger partial charge on any atom is -0.493 e. The van der Waals surface area contributed by atoms with Gasteiger partial charge < -0.3 is 9.15 Å². The van der Waals surface area contributed by atoms with Crippen LogP contribution in [0.25, 0.3) is 21.9 Å². The lowest BCUT2D eigenvalue weighted by Gasteiger charge is -2.02. The molecule has 1 aromatic heterocycles.